The van der Waals surface area contributed by atoms with Crippen molar-refractivity contribution in [3.63, 3.8) is 0 Å². The lowest BCUT2D eigenvalue weighted by Crippen LogP contribution is -2.27. The second-order valence-electron chi connectivity index (χ2n) is 6.62. The number of rotatable bonds is 6. The summed E-state index contributed by atoms with van der Waals surface area (Å²) in [5.41, 5.74) is 2.63. The molecule has 1 fully saturated rings. The van der Waals surface area contributed by atoms with Crippen molar-refractivity contribution >= 4 is 23.4 Å². The zero-order chi connectivity index (χ0) is 18.7. The van der Waals surface area contributed by atoms with Crippen LogP contribution in [0.3, 0.4) is 0 Å². The van der Waals surface area contributed by atoms with Crippen molar-refractivity contribution in [2.24, 2.45) is 0 Å². The van der Waals surface area contributed by atoms with Crippen LogP contribution in [0.1, 0.15) is 30.9 Å². The van der Waals surface area contributed by atoms with Crippen molar-refractivity contribution in [3.8, 4) is 0 Å². The molecule has 2 aromatic rings. The number of anilines is 1. The summed E-state index contributed by atoms with van der Waals surface area (Å²) in [4.78, 5) is 24.6. The molecule has 2 heterocycles. The Labute approximate surface area is 156 Å². The van der Waals surface area contributed by atoms with Crippen LogP contribution in [0.4, 0.5) is 5.69 Å². The average Bonchev–Trinajstić information content (AvgIpc) is 3.23. The van der Waals surface area contributed by atoms with Gasteiger partial charge in [-0.15, -0.1) is 5.10 Å². The standard InChI is InChI=1S/C18H24N4O3S/c1-11-6-7-12(2)15(9-11)19-16(23)13(3)26-18-21-20-17(24)22(18)10-14-5-4-8-25-14/h6-7,9,13-14H,4-5,8,10H2,1-3H3,(H,19,23)(H,20,24). The zero-order valence-electron chi connectivity index (χ0n) is 15.2. The quantitative estimate of drug-likeness (QED) is 0.756. The van der Waals surface area contributed by atoms with Gasteiger partial charge in [0.1, 0.15) is 0 Å². The van der Waals surface area contributed by atoms with Gasteiger partial charge in [-0.2, -0.15) is 0 Å². The molecule has 140 valence electrons. The number of carbonyl (C=O) groups is 1. The highest BCUT2D eigenvalue weighted by molar-refractivity contribution is 8.00. The van der Waals surface area contributed by atoms with Gasteiger partial charge in [-0.1, -0.05) is 23.9 Å². The first-order valence-electron chi connectivity index (χ1n) is 8.75. The number of aromatic nitrogens is 3. The highest BCUT2D eigenvalue weighted by atomic mass is 32.2. The van der Waals surface area contributed by atoms with Gasteiger partial charge >= 0.3 is 5.69 Å². The number of aryl methyl sites for hydroxylation is 2. The van der Waals surface area contributed by atoms with E-state index >= 15 is 0 Å². The highest BCUT2D eigenvalue weighted by Gasteiger charge is 2.23. The molecule has 7 nitrogen and oxygen atoms in total. The molecule has 2 unspecified atom stereocenters. The Hall–Kier alpha value is -2.06. The molecule has 0 radical (unpaired) electrons. The van der Waals surface area contributed by atoms with Crippen LogP contribution in [0.25, 0.3) is 0 Å². The van der Waals surface area contributed by atoms with Crippen molar-refractivity contribution in [1.29, 1.82) is 0 Å². The summed E-state index contributed by atoms with van der Waals surface area (Å²) in [6.45, 7) is 6.94. The Balaban J connectivity index is 1.67. The van der Waals surface area contributed by atoms with Gasteiger partial charge in [0.15, 0.2) is 5.16 Å². The zero-order valence-corrected chi connectivity index (χ0v) is 16.1. The molecule has 1 amide bonds. The van der Waals surface area contributed by atoms with E-state index in [1.807, 2.05) is 32.0 Å². The first-order chi connectivity index (χ1) is 12.4. The minimum absolute atomic E-state index is 0.0312. The Morgan fingerprint density at radius 1 is 1.50 bits per heavy atom. The molecule has 0 spiro atoms. The number of benzene rings is 1. The molecule has 8 heteroatoms. The van der Waals surface area contributed by atoms with Crippen LogP contribution in [0.15, 0.2) is 28.2 Å². The van der Waals surface area contributed by atoms with E-state index in [-0.39, 0.29) is 17.7 Å². The van der Waals surface area contributed by atoms with Crippen molar-refractivity contribution in [2.75, 3.05) is 11.9 Å². The predicted octanol–water partition coefficient (Wildman–Crippen LogP) is 2.49. The van der Waals surface area contributed by atoms with Gasteiger partial charge in [0.05, 0.1) is 17.9 Å². The van der Waals surface area contributed by atoms with Gasteiger partial charge in [0.2, 0.25) is 5.91 Å². The lowest BCUT2D eigenvalue weighted by molar-refractivity contribution is -0.115. The first kappa shape index (κ1) is 18.7. The maximum Gasteiger partial charge on any atom is 0.344 e. The maximum atomic E-state index is 12.6. The highest BCUT2D eigenvalue weighted by Crippen LogP contribution is 2.24. The number of ether oxygens (including phenoxy) is 1. The van der Waals surface area contributed by atoms with E-state index < -0.39 is 5.25 Å². The van der Waals surface area contributed by atoms with Crippen LogP contribution < -0.4 is 11.0 Å². The van der Waals surface area contributed by atoms with E-state index in [2.05, 4.69) is 15.5 Å². The fourth-order valence-corrected chi connectivity index (χ4v) is 3.73. The van der Waals surface area contributed by atoms with Crippen molar-refractivity contribution in [1.82, 2.24) is 14.8 Å². The Morgan fingerprint density at radius 3 is 3.04 bits per heavy atom. The van der Waals surface area contributed by atoms with Gasteiger partial charge in [-0.3, -0.25) is 9.36 Å². The molecule has 0 saturated carbocycles. The summed E-state index contributed by atoms with van der Waals surface area (Å²) in [5.74, 6) is -0.122. The summed E-state index contributed by atoms with van der Waals surface area (Å²) < 4.78 is 7.16. The van der Waals surface area contributed by atoms with Crippen molar-refractivity contribution in [2.45, 2.75) is 56.7 Å². The maximum absolute atomic E-state index is 12.6. The molecule has 26 heavy (non-hydrogen) atoms. The third kappa shape index (κ3) is 4.37. The van der Waals surface area contributed by atoms with E-state index in [9.17, 15) is 9.59 Å². The summed E-state index contributed by atoms with van der Waals surface area (Å²) in [7, 11) is 0. The number of aromatic amines is 1. The normalized spacial score (nSPS) is 18.0. The number of amides is 1. The Kier molecular flexibility index (Phi) is 5.83. The topological polar surface area (TPSA) is 89.0 Å². The van der Waals surface area contributed by atoms with Gasteiger partial charge in [-0.05, 0) is 50.8 Å². The first-order valence-corrected chi connectivity index (χ1v) is 9.63. The molecule has 3 rings (SSSR count). The molecule has 1 aromatic carbocycles. The summed E-state index contributed by atoms with van der Waals surface area (Å²) >= 11 is 1.26. The van der Waals surface area contributed by atoms with Gasteiger partial charge < -0.3 is 10.1 Å². The van der Waals surface area contributed by atoms with Crippen LogP contribution >= 0.6 is 11.8 Å². The summed E-state index contributed by atoms with van der Waals surface area (Å²) in [6, 6.07) is 5.94. The van der Waals surface area contributed by atoms with Gasteiger partial charge in [0, 0.05) is 12.3 Å². The average molecular weight is 376 g/mol. The fraction of sp³-hybridized carbons (Fsp3) is 0.500. The number of thioether (sulfide) groups is 1. The van der Waals surface area contributed by atoms with Gasteiger partial charge in [0.25, 0.3) is 0 Å². The molecule has 0 aliphatic carbocycles. The van der Waals surface area contributed by atoms with Crippen molar-refractivity contribution in [3.05, 3.63) is 39.8 Å². The Morgan fingerprint density at radius 2 is 2.31 bits per heavy atom. The molecule has 0 bridgehead atoms. The van der Waals surface area contributed by atoms with Crippen LogP contribution in [0.5, 0.6) is 0 Å². The lowest BCUT2D eigenvalue weighted by Gasteiger charge is -2.15. The SMILES string of the molecule is Cc1ccc(C)c(NC(=O)C(C)Sc2n[nH]c(=O)n2CC2CCCO2)c1. The van der Waals surface area contributed by atoms with E-state index in [0.717, 1.165) is 36.3 Å². The minimum Gasteiger partial charge on any atom is -0.376 e. The largest absolute Gasteiger partial charge is 0.376 e. The smallest absolute Gasteiger partial charge is 0.344 e. The van der Waals surface area contributed by atoms with E-state index in [4.69, 9.17) is 4.74 Å². The summed E-state index contributed by atoms with van der Waals surface area (Å²) in [6.07, 6.45) is 1.97. The molecule has 1 saturated heterocycles. The monoisotopic (exact) mass is 376 g/mol. The molecule has 2 atom stereocenters. The second kappa shape index (κ2) is 8.09. The van der Waals surface area contributed by atoms with Crippen molar-refractivity contribution < 1.29 is 9.53 Å². The molecule has 2 N–H and O–H groups in total. The van der Waals surface area contributed by atoms with Crippen LogP contribution in [-0.2, 0) is 16.1 Å². The van der Waals surface area contributed by atoms with E-state index in [0.29, 0.717) is 11.7 Å². The van der Waals surface area contributed by atoms with Crippen LogP contribution in [0, 0.1) is 13.8 Å². The number of nitrogens with one attached hydrogen (secondary N) is 2. The predicted molar refractivity (Wildman–Crippen MR) is 102 cm³/mol. The number of hydrogen-bond acceptors (Lipinski definition) is 5. The van der Waals surface area contributed by atoms with Gasteiger partial charge in [-0.25, -0.2) is 9.89 Å². The lowest BCUT2D eigenvalue weighted by atomic mass is 10.1. The minimum atomic E-state index is -0.395. The van der Waals surface area contributed by atoms with E-state index in [1.165, 1.54) is 11.8 Å². The van der Waals surface area contributed by atoms with Crippen LogP contribution in [-0.4, -0.2) is 38.6 Å². The molecule has 1 aliphatic rings. The molecular formula is C18H24N4O3S. The summed E-state index contributed by atoms with van der Waals surface area (Å²) in [5, 5.41) is 9.62. The number of nitrogens with zero attached hydrogens (tertiary/aromatic N) is 2. The second-order valence-corrected chi connectivity index (χ2v) is 7.93. The van der Waals surface area contributed by atoms with E-state index in [1.54, 1.807) is 11.5 Å². The number of H-pyrrole nitrogens is 1. The number of carbonyl (C=O) groups excluding carboxylic acids is 1. The molecule has 1 aromatic heterocycles. The third-order valence-corrected chi connectivity index (χ3v) is 5.53. The third-order valence-electron chi connectivity index (χ3n) is 4.44. The Bertz CT molecular complexity index is 839. The molecular weight excluding hydrogens is 352 g/mol. The molecule has 1 aliphatic heterocycles. The fourth-order valence-electron chi connectivity index (χ4n) is 2.86. The van der Waals surface area contributed by atoms with Crippen LogP contribution in [0.2, 0.25) is 0 Å². The number of hydrogen-bond donors (Lipinski definition) is 2.